The molecular formula is C16H34N2. The van der Waals surface area contributed by atoms with Gasteiger partial charge in [0.2, 0.25) is 0 Å². The fourth-order valence-electron chi connectivity index (χ4n) is 3.01. The Hall–Kier alpha value is -0.0800. The van der Waals surface area contributed by atoms with E-state index in [4.69, 9.17) is 0 Å². The third-order valence-corrected chi connectivity index (χ3v) is 4.38. The zero-order chi connectivity index (χ0) is 13.8. The second-order valence-corrected chi connectivity index (χ2v) is 7.24. The first-order valence-electron chi connectivity index (χ1n) is 7.85. The molecule has 0 aromatic carbocycles. The first-order valence-corrected chi connectivity index (χ1v) is 7.85. The van der Waals surface area contributed by atoms with Gasteiger partial charge in [0, 0.05) is 31.7 Å². The molecule has 0 aromatic rings. The van der Waals surface area contributed by atoms with Gasteiger partial charge < -0.3 is 5.32 Å². The van der Waals surface area contributed by atoms with Gasteiger partial charge in [-0.1, -0.05) is 54.4 Å². The van der Waals surface area contributed by atoms with E-state index in [1.807, 2.05) is 0 Å². The van der Waals surface area contributed by atoms with Gasteiger partial charge in [-0.2, -0.15) is 0 Å². The van der Waals surface area contributed by atoms with Gasteiger partial charge >= 0.3 is 0 Å². The minimum atomic E-state index is 0.373. The van der Waals surface area contributed by atoms with Crippen LogP contribution in [0.4, 0.5) is 0 Å². The van der Waals surface area contributed by atoms with E-state index < -0.39 is 0 Å². The van der Waals surface area contributed by atoms with E-state index in [1.54, 1.807) is 0 Å². The van der Waals surface area contributed by atoms with Crippen LogP contribution in [-0.4, -0.2) is 36.6 Å². The Morgan fingerprint density at radius 3 is 2.44 bits per heavy atom. The number of rotatable bonds is 5. The number of nitrogens with zero attached hydrogens (tertiary/aromatic N) is 1. The van der Waals surface area contributed by atoms with E-state index in [0.29, 0.717) is 17.5 Å². The minimum Gasteiger partial charge on any atom is -0.311 e. The van der Waals surface area contributed by atoms with Crippen molar-refractivity contribution < 1.29 is 0 Å². The lowest BCUT2D eigenvalue weighted by atomic mass is 9.83. The molecule has 3 atom stereocenters. The van der Waals surface area contributed by atoms with Crippen molar-refractivity contribution in [1.82, 2.24) is 10.2 Å². The molecule has 1 aliphatic rings. The van der Waals surface area contributed by atoms with Crippen molar-refractivity contribution >= 4 is 0 Å². The Morgan fingerprint density at radius 2 is 1.94 bits per heavy atom. The van der Waals surface area contributed by atoms with Gasteiger partial charge in [0.25, 0.3) is 0 Å². The van der Waals surface area contributed by atoms with E-state index in [-0.39, 0.29) is 0 Å². The lowest BCUT2D eigenvalue weighted by Crippen LogP contribution is -2.61. The van der Waals surface area contributed by atoms with Crippen LogP contribution in [0.1, 0.15) is 60.8 Å². The average Bonchev–Trinajstić information content (AvgIpc) is 2.28. The monoisotopic (exact) mass is 254 g/mol. The first kappa shape index (κ1) is 16.0. The number of piperazine rings is 1. The topological polar surface area (TPSA) is 15.3 Å². The van der Waals surface area contributed by atoms with Gasteiger partial charge in [0.05, 0.1) is 0 Å². The molecule has 0 saturated carbocycles. The maximum absolute atomic E-state index is 3.76. The average molecular weight is 254 g/mol. The highest BCUT2D eigenvalue weighted by atomic mass is 15.2. The Labute approximate surface area is 115 Å². The summed E-state index contributed by atoms with van der Waals surface area (Å²) in [5.41, 5.74) is 0.373. The predicted molar refractivity (Wildman–Crippen MR) is 81.0 cm³/mol. The van der Waals surface area contributed by atoms with Crippen molar-refractivity contribution in [2.45, 2.75) is 72.9 Å². The van der Waals surface area contributed by atoms with Gasteiger partial charge in [-0.25, -0.2) is 0 Å². The fourth-order valence-corrected chi connectivity index (χ4v) is 3.01. The minimum absolute atomic E-state index is 0.373. The maximum atomic E-state index is 3.76. The molecule has 2 heteroatoms. The molecular weight excluding hydrogens is 220 g/mol. The summed E-state index contributed by atoms with van der Waals surface area (Å²) in [5, 5.41) is 3.76. The largest absolute Gasteiger partial charge is 0.311 e. The van der Waals surface area contributed by atoms with Crippen LogP contribution in [0.2, 0.25) is 0 Å². The second-order valence-electron chi connectivity index (χ2n) is 7.24. The third kappa shape index (κ3) is 4.55. The van der Waals surface area contributed by atoms with Gasteiger partial charge in [-0.15, -0.1) is 0 Å². The fraction of sp³-hybridized carbons (Fsp3) is 1.00. The van der Waals surface area contributed by atoms with Crippen LogP contribution >= 0.6 is 0 Å². The smallest absolute Gasteiger partial charge is 0.0269 e. The molecule has 18 heavy (non-hydrogen) atoms. The van der Waals surface area contributed by atoms with Crippen LogP contribution in [0.5, 0.6) is 0 Å². The third-order valence-electron chi connectivity index (χ3n) is 4.38. The van der Waals surface area contributed by atoms with Crippen LogP contribution < -0.4 is 5.32 Å². The summed E-state index contributed by atoms with van der Waals surface area (Å²) < 4.78 is 0. The number of hydrogen-bond acceptors (Lipinski definition) is 2. The molecule has 0 aliphatic carbocycles. The Kier molecular flexibility index (Phi) is 6.13. The Balaban J connectivity index is 2.67. The quantitative estimate of drug-likeness (QED) is 0.807. The highest BCUT2D eigenvalue weighted by Crippen LogP contribution is 2.28. The molecule has 108 valence electrons. The van der Waals surface area contributed by atoms with E-state index in [9.17, 15) is 0 Å². The van der Waals surface area contributed by atoms with E-state index in [1.165, 1.54) is 32.4 Å². The summed E-state index contributed by atoms with van der Waals surface area (Å²) in [4.78, 5) is 2.75. The summed E-state index contributed by atoms with van der Waals surface area (Å²) in [6.07, 6.45) is 3.89. The molecule has 0 spiro atoms. The highest BCUT2D eigenvalue weighted by Gasteiger charge is 2.35. The van der Waals surface area contributed by atoms with Crippen molar-refractivity contribution in [3.05, 3.63) is 0 Å². The normalized spacial score (nSPS) is 28.3. The Bertz CT molecular complexity index is 232. The molecule has 0 radical (unpaired) electrons. The van der Waals surface area contributed by atoms with Gasteiger partial charge in [-0.3, -0.25) is 4.90 Å². The standard InChI is InChI=1S/C16H34N2/c1-7-9-14-12-18(11-13(3)8-2)15(10-17-14)16(4,5)6/h13-15,17H,7-12H2,1-6H3. The van der Waals surface area contributed by atoms with Crippen molar-refractivity contribution in [2.75, 3.05) is 19.6 Å². The molecule has 1 fully saturated rings. The second kappa shape index (κ2) is 6.91. The van der Waals surface area contributed by atoms with Crippen LogP contribution in [0.15, 0.2) is 0 Å². The van der Waals surface area contributed by atoms with Crippen LogP contribution in [0, 0.1) is 11.3 Å². The first-order chi connectivity index (χ1) is 8.38. The zero-order valence-corrected chi connectivity index (χ0v) is 13.4. The van der Waals surface area contributed by atoms with Gasteiger partial charge in [0.15, 0.2) is 0 Å². The number of hydrogen-bond donors (Lipinski definition) is 1. The summed E-state index contributed by atoms with van der Waals surface area (Å²) in [5.74, 6) is 0.815. The van der Waals surface area contributed by atoms with Crippen LogP contribution in [0.3, 0.4) is 0 Å². The lowest BCUT2D eigenvalue weighted by Gasteiger charge is -2.47. The summed E-state index contributed by atoms with van der Waals surface area (Å²) >= 11 is 0. The Morgan fingerprint density at radius 1 is 1.28 bits per heavy atom. The lowest BCUT2D eigenvalue weighted by molar-refractivity contribution is 0.0426. The molecule has 1 heterocycles. The van der Waals surface area contributed by atoms with Gasteiger partial charge in [-0.05, 0) is 17.8 Å². The van der Waals surface area contributed by atoms with Crippen molar-refractivity contribution in [3.8, 4) is 0 Å². The predicted octanol–water partition coefficient (Wildman–Crippen LogP) is 3.52. The maximum Gasteiger partial charge on any atom is 0.0269 e. The van der Waals surface area contributed by atoms with E-state index in [0.717, 1.165) is 12.5 Å². The number of nitrogens with one attached hydrogen (secondary N) is 1. The van der Waals surface area contributed by atoms with Gasteiger partial charge in [0.1, 0.15) is 0 Å². The molecule has 1 N–H and O–H groups in total. The summed E-state index contributed by atoms with van der Waals surface area (Å²) in [6.45, 7) is 17.8. The molecule has 0 bridgehead atoms. The molecule has 3 unspecified atom stereocenters. The molecule has 2 nitrogen and oxygen atoms in total. The van der Waals surface area contributed by atoms with Crippen molar-refractivity contribution in [2.24, 2.45) is 11.3 Å². The van der Waals surface area contributed by atoms with Crippen molar-refractivity contribution in [3.63, 3.8) is 0 Å². The molecule has 1 rings (SSSR count). The molecule has 0 aromatic heterocycles. The van der Waals surface area contributed by atoms with E-state index >= 15 is 0 Å². The molecule has 0 amide bonds. The van der Waals surface area contributed by atoms with Crippen LogP contribution in [-0.2, 0) is 0 Å². The van der Waals surface area contributed by atoms with Crippen LogP contribution in [0.25, 0.3) is 0 Å². The van der Waals surface area contributed by atoms with Crippen molar-refractivity contribution in [1.29, 1.82) is 0 Å². The highest BCUT2D eigenvalue weighted by molar-refractivity contribution is 4.92. The molecule has 1 saturated heterocycles. The zero-order valence-electron chi connectivity index (χ0n) is 13.4. The molecule has 1 aliphatic heterocycles. The van der Waals surface area contributed by atoms with E-state index in [2.05, 4.69) is 51.8 Å². The summed E-state index contributed by atoms with van der Waals surface area (Å²) in [6, 6.07) is 1.39. The summed E-state index contributed by atoms with van der Waals surface area (Å²) in [7, 11) is 0. The SMILES string of the molecule is CCCC1CN(CC(C)CC)C(C(C)(C)C)CN1.